The first kappa shape index (κ1) is 18.7. The minimum absolute atomic E-state index is 0.00265. The highest BCUT2D eigenvalue weighted by atomic mass is 79.9. The number of nitro groups is 1. The van der Waals surface area contributed by atoms with Gasteiger partial charge in [-0.15, -0.1) is 0 Å². The minimum atomic E-state index is -0.970. The van der Waals surface area contributed by atoms with Crippen molar-refractivity contribution in [3.8, 4) is 18.0 Å². The molecule has 0 aliphatic carbocycles. The Morgan fingerprint density at radius 3 is 2.71 bits per heavy atom. The van der Waals surface area contributed by atoms with Crippen LogP contribution in [0.3, 0.4) is 0 Å². The van der Waals surface area contributed by atoms with E-state index in [0.29, 0.717) is 0 Å². The Morgan fingerprint density at radius 1 is 1.39 bits per heavy atom. The molecule has 12 nitrogen and oxygen atoms in total. The second-order valence-electron chi connectivity index (χ2n) is 5.53. The zero-order valence-corrected chi connectivity index (χ0v) is 15.4. The van der Waals surface area contributed by atoms with Gasteiger partial charge in [0.15, 0.2) is 6.19 Å². The van der Waals surface area contributed by atoms with E-state index in [2.05, 4.69) is 36.5 Å². The first-order chi connectivity index (χ1) is 13.3. The monoisotopic (exact) mass is 443 g/mol. The fourth-order valence-electron chi connectivity index (χ4n) is 2.72. The molecule has 1 aromatic heterocycles. The third kappa shape index (κ3) is 2.95. The van der Waals surface area contributed by atoms with Crippen LogP contribution in [0.4, 0.5) is 23.0 Å². The van der Waals surface area contributed by atoms with Crippen molar-refractivity contribution in [2.45, 2.75) is 6.04 Å². The smallest absolute Gasteiger partial charge is 0.312 e. The lowest BCUT2D eigenvalue weighted by Gasteiger charge is -2.26. The number of phenols is 1. The lowest BCUT2D eigenvalue weighted by molar-refractivity contribution is -0.386. The van der Waals surface area contributed by atoms with Gasteiger partial charge in [-0.2, -0.15) is 10.5 Å². The summed E-state index contributed by atoms with van der Waals surface area (Å²) in [5, 5.41) is 44.4. The molecule has 2 heterocycles. The van der Waals surface area contributed by atoms with Gasteiger partial charge in [0.05, 0.1) is 15.1 Å². The number of nitrogens with zero attached hydrogens (tertiary/aromatic N) is 5. The van der Waals surface area contributed by atoms with E-state index in [4.69, 9.17) is 16.7 Å². The summed E-state index contributed by atoms with van der Waals surface area (Å²) in [5.41, 5.74) is 11.7. The molecule has 1 atom stereocenters. The molecule has 1 aliphatic rings. The molecule has 1 aromatic carbocycles. The zero-order valence-electron chi connectivity index (χ0n) is 13.8. The molecule has 28 heavy (non-hydrogen) atoms. The average molecular weight is 444 g/mol. The number of nitrogens with one attached hydrogen (secondary N) is 2. The number of guanidine groups is 1. The van der Waals surface area contributed by atoms with E-state index in [1.165, 1.54) is 6.07 Å². The predicted molar refractivity (Wildman–Crippen MR) is 102 cm³/mol. The number of pyridine rings is 1. The van der Waals surface area contributed by atoms with Gasteiger partial charge in [-0.05, 0) is 27.6 Å². The summed E-state index contributed by atoms with van der Waals surface area (Å²) in [7, 11) is 0. The number of anilines is 3. The summed E-state index contributed by atoms with van der Waals surface area (Å²) in [5.74, 6) is -0.536. The third-order valence-electron chi connectivity index (χ3n) is 3.94. The SMILES string of the molecule is N#CNC1=NC(c2cc(Br)c(O)c([N+](=O)[O-])c2)c2c(nc(N)c(C#N)c2N)N1. The van der Waals surface area contributed by atoms with E-state index in [-0.39, 0.29) is 44.4 Å². The molecular formula is C15H10BrN9O3. The lowest BCUT2D eigenvalue weighted by atomic mass is 9.94. The highest BCUT2D eigenvalue weighted by molar-refractivity contribution is 9.10. The van der Waals surface area contributed by atoms with Crippen molar-refractivity contribution >= 4 is 44.9 Å². The number of nitrogens with two attached hydrogens (primary N) is 2. The topological polar surface area (TPSA) is 212 Å². The fraction of sp³-hybridized carbons (Fsp3) is 0.0667. The summed E-state index contributed by atoms with van der Waals surface area (Å²) in [4.78, 5) is 18.9. The van der Waals surface area contributed by atoms with Gasteiger partial charge in [0.2, 0.25) is 11.7 Å². The van der Waals surface area contributed by atoms with Gasteiger partial charge < -0.3 is 21.9 Å². The van der Waals surface area contributed by atoms with Crippen LogP contribution in [0, 0.1) is 32.9 Å². The molecule has 2 aromatic rings. The van der Waals surface area contributed by atoms with Crippen LogP contribution in [0.25, 0.3) is 0 Å². The Morgan fingerprint density at radius 2 is 2.11 bits per heavy atom. The average Bonchev–Trinajstić information content (AvgIpc) is 2.63. The highest BCUT2D eigenvalue weighted by Crippen LogP contribution is 2.44. The number of aromatic nitrogens is 1. The number of nitrogen functional groups attached to an aromatic ring is 2. The molecule has 1 aliphatic heterocycles. The van der Waals surface area contributed by atoms with Gasteiger partial charge in [0, 0.05) is 11.6 Å². The van der Waals surface area contributed by atoms with Crippen LogP contribution in [-0.2, 0) is 0 Å². The molecule has 7 N–H and O–H groups in total. The summed E-state index contributed by atoms with van der Waals surface area (Å²) in [6.45, 7) is 0. The maximum atomic E-state index is 11.3. The highest BCUT2D eigenvalue weighted by Gasteiger charge is 2.31. The Hall–Kier alpha value is -4.10. The van der Waals surface area contributed by atoms with Crippen LogP contribution in [0.15, 0.2) is 21.6 Å². The number of hydrogen-bond donors (Lipinski definition) is 5. The number of fused-ring (bicyclic) bond motifs is 1. The summed E-state index contributed by atoms with van der Waals surface area (Å²) in [6, 6.07) is 3.42. The van der Waals surface area contributed by atoms with Gasteiger partial charge >= 0.3 is 5.69 Å². The van der Waals surface area contributed by atoms with Gasteiger partial charge in [0.25, 0.3) is 0 Å². The summed E-state index contributed by atoms with van der Waals surface area (Å²) < 4.78 is 0.0595. The lowest BCUT2D eigenvalue weighted by Crippen LogP contribution is -2.32. The van der Waals surface area contributed by atoms with Crippen molar-refractivity contribution in [3.05, 3.63) is 43.4 Å². The van der Waals surface area contributed by atoms with E-state index >= 15 is 0 Å². The minimum Gasteiger partial charge on any atom is -0.501 e. The molecule has 0 saturated carbocycles. The molecule has 0 spiro atoms. The Bertz CT molecular complexity index is 1130. The van der Waals surface area contributed by atoms with Crippen molar-refractivity contribution in [2.75, 3.05) is 16.8 Å². The molecular weight excluding hydrogens is 434 g/mol. The third-order valence-corrected chi connectivity index (χ3v) is 4.54. The molecule has 0 saturated heterocycles. The largest absolute Gasteiger partial charge is 0.501 e. The standard InChI is InChI=1S/C15H10BrN9O3/c16-7-1-5(2-8(12(7)26)25(27)28)11-9-10(19)6(3-17)13(20)23-14(9)24-15(22-11)21-4-18/h1-2,11,26H,(H6,19,20,21,22,23,24). The number of phenolic OH excluding ortho intramolecular Hbond substituents is 1. The molecule has 13 heteroatoms. The van der Waals surface area contributed by atoms with Gasteiger partial charge in [-0.1, -0.05) is 0 Å². The number of benzene rings is 1. The van der Waals surface area contributed by atoms with Crippen molar-refractivity contribution in [2.24, 2.45) is 4.99 Å². The second kappa shape index (κ2) is 6.90. The van der Waals surface area contributed by atoms with Crippen molar-refractivity contribution in [1.82, 2.24) is 10.3 Å². The van der Waals surface area contributed by atoms with Crippen LogP contribution >= 0.6 is 15.9 Å². The van der Waals surface area contributed by atoms with Crippen LogP contribution in [0.2, 0.25) is 0 Å². The van der Waals surface area contributed by atoms with Crippen molar-refractivity contribution < 1.29 is 10.0 Å². The van der Waals surface area contributed by atoms with E-state index < -0.39 is 22.4 Å². The first-order valence-electron chi connectivity index (χ1n) is 7.44. The van der Waals surface area contributed by atoms with E-state index in [9.17, 15) is 20.5 Å². The van der Waals surface area contributed by atoms with E-state index in [1.807, 2.05) is 6.07 Å². The van der Waals surface area contributed by atoms with Crippen LogP contribution in [0.5, 0.6) is 5.75 Å². The maximum absolute atomic E-state index is 11.3. The van der Waals surface area contributed by atoms with Gasteiger partial charge in [0.1, 0.15) is 29.3 Å². The number of hydrogen-bond acceptors (Lipinski definition) is 11. The first-order valence-corrected chi connectivity index (χ1v) is 8.23. The number of aromatic hydroxyl groups is 1. The van der Waals surface area contributed by atoms with Crippen LogP contribution < -0.4 is 22.1 Å². The molecule has 0 fully saturated rings. The molecule has 140 valence electrons. The van der Waals surface area contributed by atoms with E-state index in [1.54, 1.807) is 6.19 Å². The maximum Gasteiger partial charge on any atom is 0.312 e. The van der Waals surface area contributed by atoms with Crippen LogP contribution in [0.1, 0.15) is 22.7 Å². The van der Waals surface area contributed by atoms with Crippen molar-refractivity contribution in [1.29, 1.82) is 10.5 Å². The van der Waals surface area contributed by atoms with Gasteiger partial charge in [-0.25, -0.2) is 9.98 Å². The molecule has 1 unspecified atom stereocenters. The number of rotatable bonds is 2. The molecule has 0 amide bonds. The number of aliphatic imine (C=N–C) groups is 1. The number of nitro benzene ring substituents is 1. The quantitative estimate of drug-likeness (QED) is 0.194. The van der Waals surface area contributed by atoms with Crippen LogP contribution in [-0.4, -0.2) is 21.0 Å². The zero-order chi connectivity index (χ0) is 20.6. The number of halogens is 1. The van der Waals surface area contributed by atoms with Gasteiger partial charge in [-0.3, -0.25) is 15.4 Å². The number of nitriles is 2. The van der Waals surface area contributed by atoms with E-state index in [0.717, 1.165) is 6.07 Å². The Kier molecular flexibility index (Phi) is 4.60. The molecule has 0 bridgehead atoms. The summed E-state index contributed by atoms with van der Waals surface area (Å²) in [6.07, 6.45) is 1.70. The second-order valence-corrected chi connectivity index (χ2v) is 6.38. The summed E-state index contributed by atoms with van der Waals surface area (Å²) >= 11 is 3.07. The normalized spacial score (nSPS) is 14.7. The molecule has 3 rings (SSSR count). The van der Waals surface area contributed by atoms with Crippen molar-refractivity contribution in [3.63, 3.8) is 0 Å². The predicted octanol–water partition coefficient (Wildman–Crippen LogP) is 1.44. The Balaban J connectivity index is 2.31. The fourth-order valence-corrected chi connectivity index (χ4v) is 3.19. The molecule has 0 radical (unpaired) electrons. The Labute approximate surface area is 165 Å².